The van der Waals surface area contributed by atoms with Crippen molar-refractivity contribution < 1.29 is 5.11 Å². The van der Waals surface area contributed by atoms with Gasteiger partial charge in [0.25, 0.3) is 0 Å². The van der Waals surface area contributed by atoms with E-state index in [2.05, 4.69) is 53.0 Å². The third-order valence-electron chi connectivity index (χ3n) is 5.38. The number of thiophene rings is 1. The third kappa shape index (κ3) is 8.06. The first-order valence-electron chi connectivity index (χ1n) is 10.8. The second-order valence-electron chi connectivity index (χ2n) is 8.96. The Hall–Kier alpha value is -1.35. The molecule has 1 fully saturated rings. The van der Waals surface area contributed by atoms with Crippen LogP contribution in [0.25, 0.3) is 0 Å². The van der Waals surface area contributed by atoms with Gasteiger partial charge in [0.2, 0.25) is 0 Å². The number of piperidine rings is 1. The Morgan fingerprint density at radius 2 is 2.00 bits per heavy atom. The van der Waals surface area contributed by atoms with E-state index in [0.29, 0.717) is 0 Å². The summed E-state index contributed by atoms with van der Waals surface area (Å²) in [6.07, 6.45) is 3.69. The van der Waals surface area contributed by atoms with Gasteiger partial charge in [-0.25, -0.2) is 0 Å². The van der Waals surface area contributed by atoms with Gasteiger partial charge in [0.05, 0.1) is 4.88 Å². The molecular weight excluding hydrogens is 412 g/mol. The molecule has 1 atom stereocenters. The molecule has 30 heavy (non-hydrogen) atoms. The summed E-state index contributed by atoms with van der Waals surface area (Å²) in [6, 6.07) is 12.5. The Morgan fingerprint density at radius 1 is 1.23 bits per heavy atom. The molecule has 0 radical (unpaired) electrons. The van der Waals surface area contributed by atoms with Crippen molar-refractivity contribution in [2.24, 2.45) is 5.92 Å². The van der Waals surface area contributed by atoms with Crippen molar-refractivity contribution in [3.05, 3.63) is 56.7 Å². The summed E-state index contributed by atoms with van der Waals surface area (Å²) in [4.78, 5) is 7.40. The van der Waals surface area contributed by atoms with Crippen molar-refractivity contribution in [1.82, 2.24) is 9.80 Å². The van der Waals surface area contributed by atoms with E-state index in [-0.39, 0.29) is 0 Å². The summed E-state index contributed by atoms with van der Waals surface area (Å²) in [5, 5.41) is 10.6. The summed E-state index contributed by atoms with van der Waals surface area (Å²) in [5.74, 6) is 6.70. The smallest absolute Gasteiger partial charge is 0.120 e. The minimum atomic E-state index is -0.943. The summed E-state index contributed by atoms with van der Waals surface area (Å²) < 4.78 is 0. The number of nitrogens with zero attached hydrogens (tertiary/aromatic N) is 2. The van der Waals surface area contributed by atoms with Gasteiger partial charge in [0, 0.05) is 36.1 Å². The minimum Gasteiger partial charge on any atom is -0.378 e. The highest BCUT2D eigenvalue weighted by Crippen LogP contribution is 2.21. The van der Waals surface area contributed by atoms with Crippen molar-refractivity contribution >= 4 is 22.9 Å². The van der Waals surface area contributed by atoms with E-state index in [1.807, 2.05) is 12.1 Å². The molecule has 2 aromatic rings. The van der Waals surface area contributed by atoms with Crippen LogP contribution in [0.1, 0.15) is 42.0 Å². The van der Waals surface area contributed by atoms with Crippen LogP contribution < -0.4 is 0 Å². The second-order valence-corrected chi connectivity index (χ2v) is 10.6. The highest BCUT2D eigenvalue weighted by Gasteiger charge is 2.21. The van der Waals surface area contributed by atoms with Crippen molar-refractivity contribution in [2.45, 2.75) is 45.3 Å². The van der Waals surface area contributed by atoms with Crippen LogP contribution in [-0.4, -0.2) is 53.7 Å². The normalized spacial score (nSPS) is 17.7. The predicted molar refractivity (Wildman–Crippen MR) is 128 cm³/mol. The Balaban J connectivity index is 1.44. The molecule has 0 unspecified atom stereocenters. The molecule has 1 aromatic heterocycles. The quantitative estimate of drug-likeness (QED) is 0.614. The van der Waals surface area contributed by atoms with Gasteiger partial charge in [-0.1, -0.05) is 35.6 Å². The number of likely N-dealkylation sites (tertiary alicyclic amines) is 1. The molecule has 1 saturated heterocycles. The zero-order valence-electron chi connectivity index (χ0n) is 18.3. The number of hydrogen-bond acceptors (Lipinski definition) is 4. The number of aliphatic hydroxyl groups is 1. The molecule has 0 bridgehead atoms. The molecule has 5 heteroatoms. The van der Waals surface area contributed by atoms with Crippen LogP contribution in [-0.2, 0) is 13.0 Å². The summed E-state index contributed by atoms with van der Waals surface area (Å²) in [6.45, 7) is 9.02. The molecule has 0 saturated carbocycles. The van der Waals surface area contributed by atoms with Gasteiger partial charge >= 0.3 is 0 Å². The van der Waals surface area contributed by atoms with Crippen LogP contribution in [0.5, 0.6) is 0 Å². The topological polar surface area (TPSA) is 26.7 Å². The zero-order valence-corrected chi connectivity index (χ0v) is 19.9. The first-order chi connectivity index (χ1) is 14.3. The Kier molecular flexibility index (Phi) is 8.39. The van der Waals surface area contributed by atoms with Crippen LogP contribution in [0.15, 0.2) is 36.4 Å². The zero-order chi connectivity index (χ0) is 21.6. The third-order valence-corrected chi connectivity index (χ3v) is 6.62. The van der Waals surface area contributed by atoms with Crippen molar-refractivity contribution in [2.75, 3.05) is 33.2 Å². The molecule has 0 spiro atoms. The monoisotopic (exact) mass is 444 g/mol. The van der Waals surface area contributed by atoms with Gasteiger partial charge in [-0.05, 0) is 82.4 Å². The fourth-order valence-corrected chi connectivity index (χ4v) is 5.03. The molecule has 162 valence electrons. The molecule has 3 rings (SSSR count). The standard InChI is InChI=1S/C25H33ClN2OS/c1-25(2,29)14-12-23-10-11-24(30-23)19-27(3)17-21-5-4-15-28(18-21)16-13-20-6-8-22(26)9-7-20/h6-11,21,29H,4-5,13,15-19H2,1-3H3/t21-/m0/s1. The molecule has 1 aliphatic rings. The van der Waals surface area contributed by atoms with E-state index < -0.39 is 5.60 Å². The fourth-order valence-electron chi connectivity index (χ4n) is 3.96. The first kappa shape index (κ1) is 23.3. The lowest BCUT2D eigenvalue weighted by molar-refractivity contribution is 0.142. The van der Waals surface area contributed by atoms with Crippen LogP contribution in [0, 0.1) is 17.8 Å². The molecule has 0 aliphatic carbocycles. The molecule has 1 aliphatic heterocycles. The van der Waals surface area contributed by atoms with Crippen molar-refractivity contribution in [3.63, 3.8) is 0 Å². The predicted octanol–water partition coefficient (Wildman–Crippen LogP) is 4.91. The van der Waals surface area contributed by atoms with Gasteiger partial charge in [0.1, 0.15) is 5.60 Å². The average Bonchev–Trinajstić information content (AvgIpc) is 3.13. The number of halogens is 1. The van der Waals surface area contributed by atoms with Gasteiger partial charge in [-0.3, -0.25) is 0 Å². The summed E-state index contributed by atoms with van der Waals surface area (Å²) in [7, 11) is 2.22. The van der Waals surface area contributed by atoms with E-state index in [0.717, 1.165) is 41.9 Å². The van der Waals surface area contributed by atoms with E-state index >= 15 is 0 Å². The molecule has 0 amide bonds. The largest absolute Gasteiger partial charge is 0.378 e. The lowest BCUT2D eigenvalue weighted by atomic mass is 9.97. The maximum atomic E-state index is 9.76. The Labute approximate surface area is 190 Å². The molecular formula is C25H33ClN2OS. The van der Waals surface area contributed by atoms with E-state index in [4.69, 9.17) is 11.6 Å². The highest BCUT2D eigenvalue weighted by atomic mass is 35.5. The van der Waals surface area contributed by atoms with Crippen molar-refractivity contribution in [3.8, 4) is 11.8 Å². The number of benzene rings is 1. The highest BCUT2D eigenvalue weighted by molar-refractivity contribution is 7.12. The van der Waals surface area contributed by atoms with E-state index in [9.17, 15) is 5.11 Å². The second kappa shape index (κ2) is 10.8. The van der Waals surface area contributed by atoms with Crippen LogP contribution in [0.3, 0.4) is 0 Å². The molecule has 2 heterocycles. The number of hydrogen-bond donors (Lipinski definition) is 1. The van der Waals surface area contributed by atoms with Crippen LogP contribution in [0.2, 0.25) is 5.02 Å². The molecule has 1 N–H and O–H groups in total. The first-order valence-corrected chi connectivity index (χ1v) is 12.0. The number of rotatable bonds is 7. The molecule has 3 nitrogen and oxygen atoms in total. The minimum absolute atomic E-state index is 0.725. The summed E-state index contributed by atoms with van der Waals surface area (Å²) in [5.41, 5.74) is 0.418. The molecule has 1 aromatic carbocycles. The SMILES string of the molecule is CN(Cc1ccc(C#CC(C)(C)O)s1)C[C@@H]1CCCN(CCc2ccc(Cl)cc2)C1. The van der Waals surface area contributed by atoms with Gasteiger partial charge in [-0.2, -0.15) is 0 Å². The van der Waals surface area contributed by atoms with E-state index in [1.54, 1.807) is 25.2 Å². The van der Waals surface area contributed by atoms with Crippen LogP contribution >= 0.6 is 22.9 Å². The maximum absolute atomic E-state index is 9.76. The van der Waals surface area contributed by atoms with Gasteiger partial charge < -0.3 is 14.9 Å². The van der Waals surface area contributed by atoms with Crippen molar-refractivity contribution in [1.29, 1.82) is 0 Å². The van der Waals surface area contributed by atoms with Crippen LogP contribution in [0.4, 0.5) is 0 Å². The average molecular weight is 445 g/mol. The van der Waals surface area contributed by atoms with Gasteiger partial charge in [0.15, 0.2) is 0 Å². The Bertz CT molecular complexity index is 860. The lowest BCUT2D eigenvalue weighted by Gasteiger charge is -2.34. The van der Waals surface area contributed by atoms with Gasteiger partial charge in [-0.15, -0.1) is 11.3 Å². The lowest BCUT2D eigenvalue weighted by Crippen LogP contribution is -2.40. The fraction of sp³-hybridized carbons (Fsp3) is 0.520. The maximum Gasteiger partial charge on any atom is 0.120 e. The Morgan fingerprint density at radius 3 is 2.73 bits per heavy atom. The summed E-state index contributed by atoms with van der Waals surface area (Å²) >= 11 is 7.72. The van der Waals surface area contributed by atoms with E-state index in [1.165, 1.54) is 36.4 Å².